The van der Waals surface area contributed by atoms with E-state index in [2.05, 4.69) is 25.6 Å². The van der Waals surface area contributed by atoms with Crippen LogP contribution in [0.4, 0.5) is 11.4 Å². The first kappa shape index (κ1) is 19.6. The summed E-state index contributed by atoms with van der Waals surface area (Å²) in [6, 6.07) is 15.0. The van der Waals surface area contributed by atoms with Crippen LogP contribution in [0.15, 0.2) is 76.4 Å². The molecular formula is C21H18BrN3O3S. The van der Waals surface area contributed by atoms with Gasteiger partial charge in [-0.1, -0.05) is 15.9 Å². The van der Waals surface area contributed by atoms with Gasteiger partial charge in [0.15, 0.2) is 0 Å². The lowest BCUT2D eigenvalue weighted by atomic mass is 10.0. The van der Waals surface area contributed by atoms with Gasteiger partial charge in [0.1, 0.15) is 0 Å². The number of aryl methyl sites for hydroxylation is 1. The molecule has 6 nitrogen and oxygen atoms in total. The summed E-state index contributed by atoms with van der Waals surface area (Å²) < 4.78 is 28.6. The van der Waals surface area contributed by atoms with Crippen LogP contribution in [0.2, 0.25) is 0 Å². The molecule has 0 saturated carbocycles. The largest absolute Gasteiger partial charge is 0.308 e. The fraction of sp³-hybridized carbons (Fsp3) is 0.143. The van der Waals surface area contributed by atoms with E-state index in [9.17, 15) is 13.2 Å². The monoisotopic (exact) mass is 471 g/mol. The predicted molar refractivity (Wildman–Crippen MR) is 116 cm³/mol. The van der Waals surface area contributed by atoms with Crippen LogP contribution >= 0.6 is 15.9 Å². The molecule has 0 bridgehead atoms. The quantitative estimate of drug-likeness (QED) is 0.616. The summed E-state index contributed by atoms with van der Waals surface area (Å²) in [5.74, 6) is -0.140. The van der Waals surface area contributed by atoms with Crippen LogP contribution in [0, 0.1) is 0 Å². The second-order valence-electron chi connectivity index (χ2n) is 6.70. The Balaban J connectivity index is 1.56. The molecule has 0 fully saturated rings. The van der Waals surface area contributed by atoms with Crippen LogP contribution in [-0.4, -0.2) is 25.9 Å². The highest BCUT2D eigenvalue weighted by molar-refractivity contribution is 9.10. The summed E-state index contributed by atoms with van der Waals surface area (Å²) in [5, 5.41) is 0. The van der Waals surface area contributed by atoms with Crippen molar-refractivity contribution in [2.45, 2.75) is 17.7 Å². The van der Waals surface area contributed by atoms with Gasteiger partial charge in [0, 0.05) is 34.7 Å². The Morgan fingerprint density at radius 2 is 1.76 bits per heavy atom. The highest BCUT2D eigenvalue weighted by atomic mass is 79.9. The fourth-order valence-electron chi connectivity index (χ4n) is 3.34. The zero-order valence-electron chi connectivity index (χ0n) is 15.4. The number of anilines is 2. The molecule has 29 heavy (non-hydrogen) atoms. The molecule has 0 spiro atoms. The Kier molecular flexibility index (Phi) is 5.38. The minimum atomic E-state index is -3.74. The maximum Gasteiger partial charge on any atom is 0.261 e. The molecule has 0 unspecified atom stereocenters. The molecule has 8 heteroatoms. The first-order chi connectivity index (χ1) is 13.9. The number of nitrogens with zero attached hydrogens (tertiary/aromatic N) is 2. The van der Waals surface area contributed by atoms with E-state index in [4.69, 9.17) is 0 Å². The fourth-order valence-corrected chi connectivity index (χ4v) is 4.81. The molecule has 148 valence electrons. The van der Waals surface area contributed by atoms with Crippen molar-refractivity contribution in [2.24, 2.45) is 0 Å². The van der Waals surface area contributed by atoms with Gasteiger partial charge in [-0.3, -0.25) is 14.5 Å². The summed E-state index contributed by atoms with van der Waals surface area (Å²) >= 11 is 3.47. The van der Waals surface area contributed by atoms with Crippen molar-refractivity contribution in [2.75, 3.05) is 16.2 Å². The summed E-state index contributed by atoms with van der Waals surface area (Å²) in [5.41, 5.74) is 2.90. The molecule has 1 amide bonds. The van der Waals surface area contributed by atoms with E-state index in [-0.39, 0.29) is 10.8 Å². The van der Waals surface area contributed by atoms with Gasteiger partial charge in [0.05, 0.1) is 10.6 Å². The normalized spacial score (nSPS) is 13.6. The highest BCUT2D eigenvalue weighted by Gasteiger charge is 2.24. The molecule has 0 aliphatic carbocycles. The molecular weight excluding hydrogens is 454 g/mol. The number of benzene rings is 2. The second-order valence-corrected chi connectivity index (χ2v) is 9.30. The van der Waals surface area contributed by atoms with Crippen LogP contribution in [0.3, 0.4) is 0 Å². The number of amides is 1. The average molecular weight is 472 g/mol. The number of halogens is 1. The molecule has 0 radical (unpaired) electrons. The minimum absolute atomic E-state index is 0.0915. The highest BCUT2D eigenvalue weighted by Crippen LogP contribution is 2.31. The van der Waals surface area contributed by atoms with E-state index in [1.54, 1.807) is 29.2 Å². The number of rotatable bonds is 4. The van der Waals surface area contributed by atoms with Crippen molar-refractivity contribution in [3.8, 4) is 0 Å². The number of carbonyl (C=O) groups excluding carboxylic acids is 1. The van der Waals surface area contributed by atoms with Crippen molar-refractivity contribution in [1.82, 2.24) is 4.98 Å². The van der Waals surface area contributed by atoms with E-state index in [0.717, 1.165) is 28.6 Å². The standard InChI is InChI=1S/C21H18BrN3O3S/c22-17-5-8-20-16(14-17)2-1-13-25(20)21(26)15-3-6-19(7-4-15)29(27,28)24-18-9-11-23-12-10-18/h3-12,14H,1-2,13H2,(H,23,24). The molecule has 2 heterocycles. The van der Waals surface area contributed by atoms with Crippen molar-refractivity contribution in [1.29, 1.82) is 0 Å². The van der Waals surface area contributed by atoms with Crippen molar-refractivity contribution in [3.05, 3.63) is 82.6 Å². The molecule has 1 aliphatic rings. The molecule has 1 aliphatic heterocycles. The molecule has 3 aromatic rings. The zero-order valence-corrected chi connectivity index (χ0v) is 17.8. The van der Waals surface area contributed by atoms with Crippen LogP contribution in [-0.2, 0) is 16.4 Å². The number of pyridine rings is 1. The van der Waals surface area contributed by atoms with E-state index in [1.807, 2.05) is 18.2 Å². The van der Waals surface area contributed by atoms with Gasteiger partial charge in [-0.05, 0) is 73.0 Å². The van der Waals surface area contributed by atoms with Gasteiger partial charge in [-0.25, -0.2) is 8.42 Å². The Hall–Kier alpha value is -2.71. The van der Waals surface area contributed by atoms with E-state index in [1.165, 1.54) is 24.5 Å². The third-order valence-electron chi connectivity index (χ3n) is 4.75. The van der Waals surface area contributed by atoms with Gasteiger partial charge in [0.25, 0.3) is 15.9 Å². The number of hydrogen-bond acceptors (Lipinski definition) is 4. The lowest BCUT2D eigenvalue weighted by molar-refractivity contribution is 0.0985. The topological polar surface area (TPSA) is 79.4 Å². The molecule has 0 atom stereocenters. The smallest absolute Gasteiger partial charge is 0.261 e. The van der Waals surface area contributed by atoms with Crippen molar-refractivity contribution >= 4 is 43.2 Å². The van der Waals surface area contributed by atoms with Crippen LogP contribution in [0.1, 0.15) is 22.3 Å². The zero-order chi connectivity index (χ0) is 20.4. The minimum Gasteiger partial charge on any atom is -0.308 e. The second kappa shape index (κ2) is 7.96. The van der Waals surface area contributed by atoms with Crippen LogP contribution in [0.5, 0.6) is 0 Å². The number of hydrogen-bond donors (Lipinski definition) is 1. The lowest BCUT2D eigenvalue weighted by Gasteiger charge is -2.29. The summed E-state index contributed by atoms with van der Waals surface area (Å²) in [7, 11) is -3.74. The summed E-state index contributed by atoms with van der Waals surface area (Å²) in [6.07, 6.45) is 4.83. The Bertz CT molecular complexity index is 1150. The third kappa shape index (κ3) is 4.18. The number of aromatic nitrogens is 1. The maximum absolute atomic E-state index is 13.0. The SMILES string of the molecule is O=C(c1ccc(S(=O)(=O)Nc2ccncc2)cc1)N1CCCc2cc(Br)ccc21. The molecule has 4 rings (SSSR count). The van der Waals surface area contributed by atoms with Crippen LogP contribution in [0.25, 0.3) is 0 Å². The first-order valence-corrected chi connectivity index (χ1v) is 11.3. The lowest BCUT2D eigenvalue weighted by Crippen LogP contribution is -2.35. The Labute approximate surface area is 177 Å². The van der Waals surface area contributed by atoms with Gasteiger partial charge in [0.2, 0.25) is 0 Å². The van der Waals surface area contributed by atoms with E-state index in [0.29, 0.717) is 17.8 Å². The van der Waals surface area contributed by atoms with Crippen molar-refractivity contribution in [3.63, 3.8) is 0 Å². The number of nitrogens with one attached hydrogen (secondary N) is 1. The number of carbonyl (C=O) groups is 1. The summed E-state index contributed by atoms with van der Waals surface area (Å²) in [4.78, 5) is 18.8. The maximum atomic E-state index is 13.0. The number of sulfonamides is 1. The first-order valence-electron chi connectivity index (χ1n) is 9.07. The predicted octanol–water partition coefficient (Wildman–Crippen LogP) is 4.24. The molecule has 1 N–H and O–H groups in total. The average Bonchev–Trinajstić information content (AvgIpc) is 2.73. The van der Waals surface area contributed by atoms with Gasteiger partial charge in [-0.15, -0.1) is 0 Å². The molecule has 1 aromatic heterocycles. The van der Waals surface area contributed by atoms with Gasteiger partial charge < -0.3 is 4.90 Å². The molecule has 2 aromatic carbocycles. The summed E-state index contributed by atoms with van der Waals surface area (Å²) in [6.45, 7) is 0.636. The van der Waals surface area contributed by atoms with Crippen LogP contribution < -0.4 is 9.62 Å². The third-order valence-corrected chi connectivity index (χ3v) is 6.64. The van der Waals surface area contributed by atoms with Crippen molar-refractivity contribution < 1.29 is 13.2 Å². The number of fused-ring (bicyclic) bond motifs is 1. The van der Waals surface area contributed by atoms with Gasteiger partial charge >= 0.3 is 0 Å². The Morgan fingerprint density at radius 3 is 2.48 bits per heavy atom. The van der Waals surface area contributed by atoms with E-state index < -0.39 is 10.0 Å². The Morgan fingerprint density at radius 1 is 1.03 bits per heavy atom. The van der Waals surface area contributed by atoms with E-state index >= 15 is 0 Å². The molecule has 0 saturated heterocycles. The van der Waals surface area contributed by atoms with Gasteiger partial charge in [-0.2, -0.15) is 0 Å².